The molecule has 0 bridgehead atoms. The second-order valence-corrected chi connectivity index (χ2v) is 5.64. The van der Waals surface area contributed by atoms with Crippen molar-refractivity contribution in [3.8, 4) is 0 Å². The first-order chi connectivity index (χ1) is 8.50. The molecule has 96 valence electrons. The molecule has 0 aliphatic carbocycles. The molecule has 1 aliphatic heterocycles. The lowest BCUT2D eigenvalue weighted by Crippen LogP contribution is -2.40. The zero-order valence-electron chi connectivity index (χ0n) is 10.0. The van der Waals surface area contributed by atoms with Crippen molar-refractivity contribution in [1.82, 2.24) is 4.90 Å². The van der Waals surface area contributed by atoms with Crippen LogP contribution < -0.4 is 0 Å². The van der Waals surface area contributed by atoms with Crippen molar-refractivity contribution < 1.29 is 14.7 Å². The lowest BCUT2D eigenvalue weighted by molar-refractivity contribution is -0.141. The van der Waals surface area contributed by atoms with E-state index in [2.05, 4.69) is 22.6 Å². The molecule has 1 heterocycles. The fourth-order valence-corrected chi connectivity index (χ4v) is 2.79. The molecule has 1 saturated heterocycles. The Hall–Kier alpha value is -1.11. The molecule has 0 aromatic heterocycles. The van der Waals surface area contributed by atoms with Gasteiger partial charge in [0.25, 0.3) is 5.91 Å². The quantitative estimate of drug-likeness (QED) is 0.825. The summed E-state index contributed by atoms with van der Waals surface area (Å²) in [7, 11) is 0. The third-order valence-corrected chi connectivity index (χ3v) is 4.09. The molecule has 0 radical (unpaired) electrons. The van der Waals surface area contributed by atoms with Crippen LogP contribution in [0.5, 0.6) is 0 Å². The van der Waals surface area contributed by atoms with E-state index in [1.54, 1.807) is 0 Å². The molecule has 1 amide bonds. The SMILES string of the molecule is Cc1ccc(I)c(C(=O)N2CCC[C@H]2C(=O)O)c1. The van der Waals surface area contributed by atoms with Gasteiger partial charge < -0.3 is 10.0 Å². The number of aliphatic carboxylic acids is 1. The molecule has 2 rings (SSSR count). The van der Waals surface area contributed by atoms with Crippen LogP contribution in [0.2, 0.25) is 0 Å². The summed E-state index contributed by atoms with van der Waals surface area (Å²) in [6.45, 7) is 2.45. The third-order valence-electron chi connectivity index (χ3n) is 3.15. The summed E-state index contributed by atoms with van der Waals surface area (Å²) in [5.41, 5.74) is 1.61. The third kappa shape index (κ3) is 2.50. The van der Waals surface area contributed by atoms with Crippen molar-refractivity contribution in [3.05, 3.63) is 32.9 Å². The minimum atomic E-state index is -0.913. The maximum atomic E-state index is 12.4. The Balaban J connectivity index is 2.31. The second-order valence-electron chi connectivity index (χ2n) is 4.48. The number of rotatable bonds is 2. The molecule has 1 atom stereocenters. The van der Waals surface area contributed by atoms with Crippen LogP contribution in [0.1, 0.15) is 28.8 Å². The number of carbonyl (C=O) groups excluding carboxylic acids is 1. The lowest BCUT2D eigenvalue weighted by atomic mass is 10.1. The van der Waals surface area contributed by atoms with Crippen LogP contribution in [0.3, 0.4) is 0 Å². The predicted octanol–water partition coefficient (Wildman–Crippen LogP) is 2.29. The van der Waals surface area contributed by atoms with Crippen molar-refractivity contribution in [2.24, 2.45) is 0 Å². The molecule has 1 aromatic carbocycles. The smallest absolute Gasteiger partial charge is 0.326 e. The van der Waals surface area contributed by atoms with Gasteiger partial charge in [0.05, 0.1) is 5.56 Å². The fraction of sp³-hybridized carbons (Fsp3) is 0.385. The molecule has 0 spiro atoms. The largest absolute Gasteiger partial charge is 0.480 e. The van der Waals surface area contributed by atoms with E-state index >= 15 is 0 Å². The highest BCUT2D eigenvalue weighted by Crippen LogP contribution is 2.23. The van der Waals surface area contributed by atoms with Crippen molar-refractivity contribution in [2.45, 2.75) is 25.8 Å². The summed E-state index contributed by atoms with van der Waals surface area (Å²) in [6, 6.07) is 4.97. The Bertz CT molecular complexity index is 501. The van der Waals surface area contributed by atoms with E-state index in [9.17, 15) is 9.59 Å². The first-order valence-electron chi connectivity index (χ1n) is 5.80. The highest BCUT2D eigenvalue weighted by atomic mass is 127. The highest BCUT2D eigenvalue weighted by Gasteiger charge is 2.34. The summed E-state index contributed by atoms with van der Waals surface area (Å²) >= 11 is 2.11. The zero-order chi connectivity index (χ0) is 13.3. The fourth-order valence-electron chi connectivity index (χ4n) is 2.22. The average Bonchev–Trinajstić information content (AvgIpc) is 2.80. The number of hydrogen-bond donors (Lipinski definition) is 1. The van der Waals surface area contributed by atoms with Crippen LogP contribution in [0.25, 0.3) is 0 Å². The van der Waals surface area contributed by atoms with Gasteiger partial charge in [-0.1, -0.05) is 11.6 Å². The van der Waals surface area contributed by atoms with E-state index in [4.69, 9.17) is 5.11 Å². The molecule has 1 aromatic rings. The van der Waals surface area contributed by atoms with Crippen LogP contribution in [0, 0.1) is 10.5 Å². The summed E-state index contributed by atoms with van der Waals surface area (Å²) in [5.74, 6) is -1.09. The van der Waals surface area contributed by atoms with Gasteiger partial charge in [-0.15, -0.1) is 0 Å². The van der Waals surface area contributed by atoms with Crippen molar-refractivity contribution >= 4 is 34.5 Å². The number of carboxylic acids is 1. The highest BCUT2D eigenvalue weighted by molar-refractivity contribution is 14.1. The van der Waals surface area contributed by atoms with Gasteiger partial charge in [0, 0.05) is 10.1 Å². The monoisotopic (exact) mass is 359 g/mol. The van der Waals surface area contributed by atoms with Gasteiger partial charge in [0.2, 0.25) is 0 Å². The van der Waals surface area contributed by atoms with Gasteiger partial charge in [-0.25, -0.2) is 4.79 Å². The minimum Gasteiger partial charge on any atom is -0.480 e. The summed E-state index contributed by atoms with van der Waals surface area (Å²) in [5, 5.41) is 9.11. The molecular weight excluding hydrogens is 345 g/mol. The van der Waals surface area contributed by atoms with E-state index < -0.39 is 12.0 Å². The number of likely N-dealkylation sites (tertiary alicyclic amines) is 1. The summed E-state index contributed by atoms with van der Waals surface area (Å²) in [6.07, 6.45) is 1.30. The second kappa shape index (κ2) is 5.26. The van der Waals surface area contributed by atoms with Crippen molar-refractivity contribution in [2.75, 3.05) is 6.54 Å². The molecular formula is C13H14INO3. The number of nitrogens with zero attached hydrogens (tertiary/aromatic N) is 1. The summed E-state index contributed by atoms with van der Waals surface area (Å²) in [4.78, 5) is 25.0. The summed E-state index contributed by atoms with van der Waals surface area (Å²) < 4.78 is 0.860. The minimum absolute atomic E-state index is 0.173. The van der Waals surface area contributed by atoms with Crippen molar-refractivity contribution in [1.29, 1.82) is 0 Å². The number of benzene rings is 1. The van der Waals surface area contributed by atoms with Crippen molar-refractivity contribution in [3.63, 3.8) is 0 Å². The van der Waals surface area contributed by atoms with Gasteiger partial charge in [-0.05, 0) is 54.5 Å². The van der Waals surface area contributed by atoms with Gasteiger partial charge in [0.15, 0.2) is 0 Å². The molecule has 4 nitrogen and oxygen atoms in total. The Morgan fingerprint density at radius 3 is 2.83 bits per heavy atom. The molecule has 1 aliphatic rings. The number of halogens is 1. The average molecular weight is 359 g/mol. The Kier molecular flexibility index (Phi) is 3.89. The van der Waals surface area contributed by atoms with E-state index in [1.165, 1.54) is 4.90 Å². The van der Waals surface area contributed by atoms with E-state index in [0.29, 0.717) is 18.5 Å². The standard InChI is InChI=1S/C13H14INO3/c1-8-4-5-10(14)9(7-8)12(16)15-6-2-3-11(15)13(17)18/h4-5,7,11H,2-3,6H2,1H3,(H,17,18)/t11-/m0/s1. The number of aryl methyl sites for hydroxylation is 1. The van der Waals surface area contributed by atoms with Gasteiger partial charge in [-0.2, -0.15) is 0 Å². The Morgan fingerprint density at radius 1 is 1.44 bits per heavy atom. The molecule has 1 N–H and O–H groups in total. The number of hydrogen-bond acceptors (Lipinski definition) is 2. The van der Waals surface area contributed by atoms with Gasteiger partial charge in [-0.3, -0.25) is 4.79 Å². The molecule has 1 fully saturated rings. The zero-order valence-corrected chi connectivity index (χ0v) is 12.2. The lowest BCUT2D eigenvalue weighted by Gasteiger charge is -2.22. The number of carbonyl (C=O) groups is 2. The topological polar surface area (TPSA) is 57.6 Å². The number of carboxylic acid groups (broad SMARTS) is 1. The number of amides is 1. The Labute approximate surface area is 119 Å². The van der Waals surface area contributed by atoms with Gasteiger partial charge >= 0.3 is 5.97 Å². The van der Waals surface area contributed by atoms with Crippen LogP contribution in [-0.2, 0) is 4.79 Å². The van der Waals surface area contributed by atoms with Crippen LogP contribution in [0.15, 0.2) is 18.2 Å². The Morgan fingerprint density at radius 2 is 2.17 bits per heavy atom. The first kappa shape index (κ1) is 13.3. The van der Waals surface area contributed by atoms with Crippen LogP contribution >= 0.6 is 22.6 Å². The predicted molar refractivity (Wildman–Crippen MR) is 75.6 cm³/mol. The van der Waals surface area contributed by atoms with Crippen LogP contribution in [-0.4, -0.2) is 34.5 Å². The molecule has 5 heteroatoms. The molecule has 0 unspecified atom stereocenters. The van der Waals surface area contributed by atoms with E-state index in [1.807, 2.05) is 25.1 Å². The maximum Gasteiger partial charge on any atom is 0.326 e. The molecule has 18 heavy (non-hydrogen) atoms. The molecule has 0 saturated carbocycles. The van der Waals surface area contributed by atoms with Gasteiger partial charge in [0.1, 0.15) is 6.04 Å². The van der Waals surface area contributed by atoms with Crippen LogP contribution in [0.4, 0.5) is 0 Å². The van der Waals surface area contributed by atoms with E-state index in [-0.39, 0.29) is 5.91 Å². The normalized spacial score (nSPS) is 19.0. The van der Waals surface area contributed by atoms with E-state index in [0.717, 1.165) is 15.6 Å². The maximum absolute atomic E-state index is 12.4. The first-order valence-corrected chi connectivity index (χ1v) is 6.88.